The Balaban J connectivity index is 1.82. The first kappa shape index (κ1) is 29.6. The van der Waals surface area contributed by atoms with Crippen molar-refractivity contribution in [2.24, 2.45) is 0 Å². The lowest BCUT2D eigenvalue weighted by atomic mass is 9.98. The predicted octanol–water partition coefficient (Wildman–Crippen LogP) is 5.42. The van der Waals surface area contributed by atoms with E-state index in [-0.39, 0.29) is 12.2 Å². The van der Waals surface area contributed by atoms with Crippen molar-refractivity contribution >= 4 is 21.6 Å². The summed E-state index contributed by atoms with van der Waals surface area (Å²) in [6.45, 7) is 6.06. The molecule has 38 heavy (non-hydrogen) atoms. The first-order valence-corrected chi connectivity index (χ1v) is 13.9. The van der Waals surface area contributed by atoms with Crippen LogP contribution in [0.1, 0.15) is 80.0 Å². The Labute approximate surface area is 220 Å². The van der Waals surface area contributed by atoms with E-state index >= 15 is 0 Å². The zero-order valence-corrected chi connectivity index (χ0v) is 22.6. The molecular weight excluding hydrogens is 523 g/mol. The van der Waals surface area contributed by atoms with Crippen LogP contribution in [0.2, 0.25) is 0 Å². The predicted molar refractivity (Wildman–Crippen MR) is 135 cm³/mol. The number of ether oxygens (including phenoxy) is 2. The van der Waals surface area contributed by atoms with Gasteiger partial charge >= 0.3 is 12.1 Å². The van der Waals surface area contributed by atoms with Gasteiger partial charge in [-0.05, 0) is 82.3 Å². The van der Waals surface area contributed by atoms with Crippen molar-refractivity contribution in [1.82, 2.24) is 5.32 Å². The van der Waals surface area contributed by atoms with Crippen LogP contribution in [0.15, 0.2) is 41.3 Å². The summed E-state index contributed by atoms with van der Waals surface area (Å²) in [5.41, 5.74) is -0.547. The van der Waals surface area contributed by atoms with Crippen LogP contribution in [0, 0.1) is 0 Å². The number of halogens is 3. The lowest BCUT2D eigenvalue weighted by molar-refractivity contribution is -0.157. The third-order valence-electron chi connectivity index (χ3n) is 6.00. The minimum absolute atomic E-state index is 0.284. The second-order valence-corrected chi connectivity index (χ2v) is 12.3. The summed E-state index contributed by atoms with van der Waals surface area (Å²) >= 11 is 0. The minimum Gasteiger partial charge on any atom is -0.482 e. The highest BCUT2D eigenvalue weighted by atomic mass is 32.2. The van der Waals surface area contributed by atoms with Crippen LogP contribution in [0.4, 0.5) is 13.2 Å². The number of sulfone groups is 1. The standard InChI is InChI=1S/C27H32F3NO6S/c1-17(32)18-12-19(27(28,29)30)14-20(13-18)38(34,35)16-31-23-10-6-5-8-22-21(23)9-7-11-24(22)36-15-25(33)37-26(2,3)4/h7,9,11-14,23,31H,5-6,8,10,15-16H2,1-4H3. The highest BCUT2D eigenvalue weighted by Crippen LogP contribution is 2.35. The van der Waals surface area contributed by atoms with Gasteiger partial charge in [-0.15, -0.1) is 0 Å². The Morgan fingerprint density at radius 2 is 1.79 bits per heavy atom. The van der Waals surface area contributed by atoms with E-state index in [0.717, 1.165) is 37.0 Å². The van der Waals surface area contributed by atoms with E-state index in [0.29, 0.717) is 30.7 Å². The van der Waals surface area contributed by atoms with E-state index in [4.69, 9.17) is 9.47 Å². The number of nitrogens with one attached hydrogen (secondary N) is 1. The molecule has 1 N–H and O–H groups in total. The fourth-order valence-corrected chi connectivity index (χ4v) is 5.48. The molecule has 0 saturated carbocycles. The van der Waals surface area contributed by atoms with Crippen LogP contribution >= 0.6 is 0 Å². The van der Waals surface area contributed by atoms with Gasteiger partial charge in [-0.3, -0.25) is 10.1 Å². The van der Waals surface area contributed by atoms with Gasteiger partial charge in [0.15, 0.2) is 22.2 Å². The molecule has 2 aromatic carbocycles. The minimum atomic E-state index is -4.81. The Morgan fingerprint density at radius 3 is 2.42 bits per heavy atom. The quantitative estimate of drug-likeness (QED) is 0.264. The molecule has 3 rings (SSSR count). The van der Waals surface area contributed by atoms with Crippen molar-refractivity contribution in [3.63, 3.8) is 0 Å². The van der Waals surface area contributed by atoms with Gasteiger partial charge < -0.3 is 9.47 Å². The third-order valence-corrected chi connectivity index (χ3v) is 7.50. The summed E-state index contributed by atoms with van der Waals surface area (Å²) in [5.74, 6) is -1.32. The molecule has 1 unspecified atom stereocenters. The number of benzene rings is 2. The maximum Gasteiger partial charge on any atom is 0.416 e. The van der Waals surface area contributed by atoms with Gasteiger partial charge in [-0.2, -0.15) is 13.2 Å². The lowest BCUT2D eigenvalue weighted by Gasteiger charge is -2.22. The molecule has 11 heteroatoms. The van der Waals surface area contributed by atoms with Gasteiger partial charge in [0.1, 0.15) is 17.2 Å². The molecule has 0 aromatic heterocycles. The smallest absolute Gasteiger partial charge is 0.416 e. The summed E-state index contributed by atoms with van der Waals surface area (Å²) < 4.78 is 77.2. The summed E-state index contributed by atoms with van der Waals surface area (Å²) in [6.07, 6.45) is -1.98. The van der Waals surface area contributed by atoms with Crippen LogP contribution in [-0.2, 0) is 32.0 Å². The number of rotatable bonds is 8. The summed E-state index contributed by atoms with van der Waals surface area (Å²) in [4.78, 5) is 23.3. The Hall–Kier alpha value is -2.92. The number of alkyl halides is 3. The third kappa shape index (κ3) is 7.80. The second-order valence-electron chi connectivity index (χ2n) is 10.3. The highest BCUT2D eigenvalue weighted by molar-refractivity contribution is 7.91. The molecule has 0 saturated heterocycles. The van der Waals surface area contributed by atoms with Crippen molar-refractivity contribution in [3.05, 3.63) is 58.7 Å². The first-order valence-electron chi connectivity index (χ1n) is 12.2. The average Bonchev–Trinajstić information content (AvgIpc) is 3.02. The van der Waals surface area contributed by atoms with Crippen molar-refractivity contribution < 1.29 is 40.7 Å². The van der Waals surface area contributed by atoms with E-state index in [1.807, 2.05) is 6.07 Å². The van der Waals surface area contributed by atoms with E-state index < -0.39 is 55.7 Å². The molecule has 0 bridgehead atoms. The van der Waals surface area contributed by atoms with Gasteiger partial charge in [0, 0.05) is 11.6 Å². The first-order chi connectivity index (χ1) is 17.6. The molecule has 1 aliphatic rings. The fraction of sp³-hybridized carbons (Fsp3) is 0.481. The largest absolute Gasteiger partial charge is 0.482 e. The monoisotopic (exact) mass is 555 g/mol. The molecule has 0 fully saturated rings. The molecule has 1 aliphatic carbocycles. The van der Waals surface area contributed by atoms with Crippen LogP contribution in [0.5, 0.6) is 5.75 Å². The molecule has 0 amide bonds. The molecule has 0 aliphatic heterocycles. The fourth-order valence-electron chi connectivity index (χ4n) is 4.28. The maximum atomic E-state index is 13.4. The van der Waals surface area contributed by atoms with Crippen LogP contribution < -0.4 is 10.1 Å². The number of carbonyl (C=O) groups excluding carboxylic acids is 2. The summed E-state index contributed by atoms with van der Waals surface area (Å²) in [6, 6.07) is 7.06. The van der Waals surface area contributed by atoms with Gasteiger partial charge in [0.25, 0.3) is 0 Å². The Morgan fingerprint density at radius 1 is 1.08 bits per heavy atom. The van der Waals surface area contributed by atoms with Crippen molar-refractivity contribution in [3.8, 4) is 5.75 Å². The number of carbonyl (C=O) groups is 2. The second kappa shape index (κ2) is 11.4. The summed E-state index contributed by atoms with van der Waals surface area (Å²) in [7, 11) is -4.22. The van der Waals surface area contributed by atoms with Crippen molar-refractivity contribution in [2.75, 3.05) is 12.5 Å². The SMILES string of the molecule is CC(=O)c1cc(C(F)(F)F)cc(S(=O)(=O)CNC2CCCCc3c(OCC(=O)OC(C)(C)C)cccc32)c1. The topological polar surface area (TPSA) is 98.8 Å². The molecule has 7 nitrogen and oxygen atoms in total. The van der Waals surface area contributed by atoms with Crippen LogP contribution in [0.25, 0.3) is 0 Å². The van der Waals surface area contributed by atoms with Crippen LogP contribution in [0.3, 0.4) is 0 Å². The highest BCUT2D eigenvalue weighted by Gasteiger charge is 2.33. The number of Topliss-reactive ketones (excluding diaryl/α,β-unsaturated/α-hetero) is 1. The van der Waals surface area contributed by atoms with Gasteiger partial charge in [-0.1, -0.05) is 18.6 Å². The average molecular weight is 556 g/mol. The number of esters is 1. The molecule has 208 valence electrons. The zero-order chi connectivity index (χ0) is 28.3. The van der Waals surface area contributed by atoms with E-state index in [1.54, 1.807) is 32.9 Å². The normalized spacial score (nSPS) is 16.3. The molecular formula is C27H32F3NO6S. The number of hydrogen-bond donors (Lipinski definition) is 1. The molecule has 0 heterocycles. The maximum absolute atomic E-state index is 13.4. The van der Waals surface area contributed by atoms with E-state index in [9.17, 15) is 31.2 Å². The number of ketones is 1. The lowest BCUT2D eigenvalue weighted by Crippen LogP contribution is -2.29. The van der Waals surface area contributed by atoms with E-state index in [2.05, 4.69) is 5.32 Å². The van der Waals surface area contributed by atoms with Gasteiger partial charge in [0.05, 0.1) is 10.5 Å². The number of hydrogen-bond acceptors (Lipinski definition) is 7. The Bertz CT molecular complexity index is 1300. The zero-order valence-electron chi connectivity index (χ0n) is 21.8. The molecule has 2 aromatic rings. The number of fused-ring (bicyclic) bond motifs is 1. The van der Waals surface area contributed by atoms with Crippen molar-refractivity contribution in [1.29, 1.82) is 0 Å². The summed E-state index contributed by atoms with van der Waals surface area (Å²) in [5, 5.41) is 2.99. The van der Waals surface area contributed by atoms with Crippen molar-refractivity contribution in [2.45, 2.75) is 76.1 Å². The van der Waals surface area contributed by atoms with Gasteiger partial charge in [-0.25, -0.2) is 13.2 Å². The molecule has 0 radical (unpaired) electrons. The Kier molecular flexibility index (Phi) is 8.93. The van der Waals surface area contributed by atoms with Crippen LogP contribution in [-0.4, -0.2) is 38.3 Å². The van der Waals surface area contributed by atoms with Gasteiger partial charge in [0.2, 0.25) is 0 Å². The molecule has 0 spiro atoms. The van der Waals surface area contributed by atoms with E-state index in [1.165, 1.54) is 0 Å². The molecule has 1 atom stereocenters.